The standard InChI is InChI=1S/C20H24N4O5S/c1-13-10-22(20(26)27)19-8-15(5-6-18(19)24(13)14(2)25)16-9-21-23(11-16)17-4-3-7-30(28,29)12-17/h5-6,8-9,11,13,17H,3-4,7,10,12H2,1-2H3,(H,26,27)/t13-,17?/m0/s1. The molecular weight excluding hydrogens is 408 g/mol. The summed E-state index contributed by atoms with van der Waals surface area (Å²) in [5.41, 5.74) is 2.52. The summed E-state index contributed by atoms with van der Waals surface area (Å²) in [6.45, 7) is 3.47. The molecule has 4 rings (SSSR count). The zero-order chi connectivity index (χ0) is 21.6. The second-order valence-corrected chi connectivity index (χ2v) is 10.2. The average molecular weight is 433 g/mol. The van der Waals surface area contributed by atoms with E-state index in [0.29, 0.717) is 17.8 Å². The van der Waals surface area contributed by atoms with Gasteiger partial charge in [0.05, 0.1) is 41.2 Å². The molecule has 2 aliphatic rings. The number of rotatable bonds is 2. The maximum atomic E-state index is 12.1. The summed E-state index contributed by atoms with van der Waals surface area (Å²) in [6, 6.07) is 4.85. The minimum atomic E-state index is -3.05. The SMILES string of the molecule is CC(=O)N1c2ccc(-c3cnn(C4CCCS(=O)(=O)C4)c3)cc2N(C(=O)O)C[C@@H]1C. The molecule has 0 radical (unpaired) electrons. The number of hydrogen-bond acceptors (Lipinski definition) is 5. The highest BCUT2D eigenvalue weighted by molar-refractivity contribution is 7.91. The maximum absolute atomic E-state index is 12.1. The quantitative estimate of drug-likeness (QED) is 0.780. The Labute approximate surface area is 174 Å². The third kappa shape index (κ3) is 3.67. The summed E-state index contributed by atoms with van der Waals surface area (Å²) in [6.07, 6.45) is 3.75. The van der Waals surface area contributed by atoms with Crippen molar-refractivity contribution in [2.75, 3.05) is 27.9 Å². The molecule has 2 aliphatic heterocycles. The summed E-state index contributed by atoms with van der Waals surface area (Å²) in [7, 11) is -3.05. The Morgan fingerprint density at radius 2 is 1.97 bits per heavy atom. The van der Waals surface area contributed by atoms with E-state index in [0.717, 1.165) is 17.5 Å². The minimum absolute atomic E-state index is 0.0799. The summed E-state index contributed by atoms with van der Waals surface area (Å²) < 4.78 is 25.6. The molecule has 0 spiro atoms. The number of fused-ring (bicyclic) bond motifs is 1. The van der Waals surface area contributed by atoms with Gasteiger partial charge in [-0.3, -0.25) is 14.4 Å². The van der Waals surface area contributed by atoms with Crippen LogP contribution in [0.25, 0.3) is 11.1 Å². The van der Waals surface area contributed by atoms with Gasteiger partial charge in [-0.2, -0.15) is 5.10 Å². The van der Waals surface area contributed by atoms with E-state index in [1.165, 1.54) is 11.8 Å². The second kappa shape index (κ2) is 7.42. The molecule has 1 aromatic heterocycles. The van der Waals surface area contributed by atoms with Crippen LogP contribution in [-0.4, -0.2) is 59.4 Å². The average Bonchev–Trinajstić information content (AvgIpc) is 3.16. The number of hydrogen-bond donors (Lipinski definition) is 1. The number of nitrogens with zero attached hydrogens (tertiary/aromatic N) is 4. The molecule has 10 heteroatoms. The van der Waals surface area contributed by atoms with E-state index in [4.69, 9.17) is 0 Å². The van der Waals surface area contributed by atoms with Gasteiger partial charge in [-0.05, 0) is 37.5 Å². The van der Waals surface area contributed by atoms with Crippen molar-refractivity contribution < 1.29 is 23.1 Å². The molecule has 1 unspecified atom stereocenters. The van der Waals surface area contributed by atoms with Crippen molar-refractivity contribution in [2.45, 2.75) is 38.8 Å². The van der Waals surface area contributed by atoms with Crippen LogP contribution in [0.4, 0.5) is 16.2 Å². The number of carbonyl (C=O) groups is 2. The molecule has 0 saturated carbocycles. The van der Waals surface area contributed by atoms with Gasteiger partial charge in [0.1, 0.15) is 0 Å². The van der Waals surface area contributed by atoms with Crippen LogP contribution in [0.5, 0.6) is 0 Å². The van der Waals surface area contributed by atoms with Gasteiger partial charge in [-0.25, -0.2) is 13.2 Å². The molecule has 2 amide bonds. The largest absolute Gasteiger partial charge is 0.465 e. The van der Waals surface area contributed by atoms with E-state index >= 15 is 0 Å². The summed E-state index contributed by atoms with van der Waals surface area (Å²) in [5.74, 6) is 0.155. The Morgan fingerprint density at radius 1 is 1.20 bits per heavy atom. The van der Waals surface area contributed by atoms with Crippen molar-refractivity contribution in [1.29, 1.82) is 0 Å². The smallest absolute Gasteiger partial charge is 0.411 e. The zero-order valence-corrected chi connectivity index (χ0v) is 17.7. The molecule has 0 aliphatic carbocycles. The number of amides is 2. The predicted molar refractivity (Wildman–Crippen MR) is 113 cm³/mol. The molecule has 1 saturated heterocycles. The van der Waals surface area contributed by atoms with Crippen LogP contribution < -0.4 is 9.80 Å². The number of carbonyl (C=O) groups excluding carboxylic acids is 1. The Balaban J connectivity index is 1.70. The summed E-state index contributed by atoms with van der Waals surface area (Å²) in [4.78, 5) is 26.8. The van der Waals surface area contributed by atoms with Gasteiger partial charge >= 0.3 is 6.09 Å². The highest BCUT2D eigenvalue weighted by Crippen LogP contribution is 2.39. The predicted octanol–water partition coefficient (Wildman–Crippen LogP) is 2.54. The van der Waals surface area contributed by atoms with E-state index in [2.05, 4.69) is 5.10 Å². The van der Waals surface area contributed by atoms with Crippen LogP contribution >= 0.6 is 0 Å². The number of benzene rings is 1. The molecular formula is C20H24N4O5S. The lowest BCUT2D eigenvalue weighted by Gasteiger charge is -2.39. The first-order chi connectivity index (χ1) is 14.2. The Hall–Kier alpha value is -2.88. The fraction of sp³-hybridized carbons (Fsp3) is 0.450. The second-order valence-electron chi connectivity index (χ2n) is 7.95. The highest BCUT2D eigenvalue weighted by Gasteiger charge is 2.34. The fourth-order valence-corrected chi connectivity index (χ4v) is 6.04. The van der Waals surface area contributed by atoms with Crippen LogP contribution in [0.15, 0.2) is 30.6 Å². The number of sulfone groups is 1. The maximum Gasteiger partial charge on any atom is 0.411 e. The molecule has 30 heavy (non-hydrogen) atoms. The fourth-order valence-electron chi connectivity index (χ4n) is 4.36. The third-order valence-electron chi connectivity index (χ3n) is 5.73. The topological polar surface area (TPSA) is 113 Å². The van der Waals surface area contributed by atoms with E-state index in [1.54, 1.807) is 34.1 Å². The normalized spacial score (nSPS) is 23.1. The van der Waals surface area contributed by atoms with Crippen molar-refractivity contribution in [2.24, 2.45) is 0 Å². The zero-order valence-electron chi connectivity index (χ0n) is 16.9. The summed E-state index contributed by atoms with van der Waals surface area (Å²) >= 11 is 0. The van der Waals surface area contributed by atoms with Crippen LogP contribution in [0.1, 0.15) is 32.7 Å². The van der Waals surface area contributed by atoms with Gasteiger partial charge < -0.3 is 10.0 Å². The Morgan fingerprint density at radius 3 is 2.63 bits per heavy atom. The van der Waals surface area contributed by atoms with Gasteiger partial charge in [0.25, 0.3) is 0 Å². The Bertz CT molecular complexity index is 1110. The molecule has 1 fully saturated rings. The molecule has 1 aromatic carbocycles. The van der Waals surface area contributed by atoms with Crippen molar-refractivity contribution in [3.63, 3.8) is 0 Å². The number of aromatic nitrogens is 2. The number of carboxylic acid groups (broad SMARTS) is 1. The lowest BCUT2D eigenvalue weighted by molar-refractivity contribution is -0.117. The van der Waals surface area contributed by atoms with Crippen molar-refractivity contribution >= 4 is 33.2 Å². The van der Waals surface area contributed by atoms with Crippen molar-refractivity contribution in [1.82, 2.24) is 9.78 Å². The molecule has 0 bridgehead atoms. The van der Waals surface area contributed by atoms with Crippen LogP contribution in [0, 0.1) is 0 Å². The molecule has 160 valence electrons. The summed E-state index contributed by atoms with van der Waals surface area (Å²) in [5, 5.41) is 14.0. The molecule has 1 N–H and O–H groups in total. The van der Waals surface area contributed by atoms with E-state index in [-0.39, 0.29) is 36.0 Å². The van der Waals surface area contributed by atoms with Crippen LogP contribution in [0.3, 0.4) is 0 Å². The molecule has 3 heterocycles. The van der Waals surface area contributed by atoms with E-state index in [9.17, 15) is 23.1 Å². The lowest BCUT2D eigenvalue weighted by atomic mass is 10.0. The number of anilines is 2. The minimum Gasteiger partial charge on any atom is -0.465 e. The van der Waals surface area contributed by atoms with Gasteiger partial charge in [-0.15, -0.1) is 0 Å². The lowest BCUT2D eigenvalue weighted by Crippen LogP contribution is -2.51. The van der Waals surface area contributed by atoms with Gasteiger partial charge in [0, 0.05) is 25.2 Å². The van der Waals surface area contributed by atoms with Crippen molar-refractivity contribution in [3.05, 3.63) is 30.6 Å². The molecule has 2 aromatic rings. The molecule has 9 nitrogen and oxygen atoms in total. The Kier molecular flexibility index (Phi) is 5.05. The van der Waals surface area contributed by atoms with Crippen LogP contribution in [-0.2, 0) is 14.6 Å². The first-order valence-electron chi connectivity index (χ1n) is 9.85. The first-order valence-corrected chi connectivity index (χ1v) is 11.7. The van der Waals surface area contributed by atoms with Gasteiger partial charge in [-0.1, -0.05) is 6.07 Å². The molecule has 2 atom stereocenters. The van der Waals surface area contributed by atoms with Gasteiger partial charge in [0.15, 0.2) is 9.84 Å². The van der Waals surface area contributed by atoms with Gasteiger partial charge in [0.2, 0.25) is 5.91 Å². The highest BCUT2D eigenvalue weighted by atomic mass is 32.2. The first kappa shape index (κ1) is 20.4. The van der Waals surface area contributed by atoms with Crippen LogP contribution in [0.2, 0.25) is 0 Å². The van der Waals surface area contributed by atoms with E-state index < -0.39 is 15.9 Å². The monoisotopic (exact) mass is 432 g/mol. The third-order valence-corrected chi connectivity index (χ3v) is 7.53. The van der Waals surface area contributed by atoms with E-state index in [1.807, 2.05) is 13.0 Å². The van der Waals surface area contributed by atoms with Crippen molar-refractivity contribution in [3.8, 4) is 11.1 Å².